The first-order chi connectivity index (χ1) is 10.4. The van der Waals surface area contributed by atoms with Gasteiger partial charge in [0.2, 0.25) is 5.91 Å². The first kappa shape index (κ1) is 16.0. The SMILES string of the molecule is CCc1ccc(N2C[C@@H](C(=O)O[C@@H](C)C(N)=O)CC2=O)cc1. The summed E-state index contributed by atoms with van der Waals surface area (Å²) in [7, 11) is 0. The Morgan fingerprint density at radius 3 is 2.55 bits per heavy atom. The number of benzene rings is 1. The van der Waals surface area contributed by atoms with E-state index in [-0.39, 0.29) is 18.9 Å². The molecule has 0 bridgehead atoms. The number of nitrogens with two attached hydrogens (primary N) is 1. The minimum Gasteiger partial charge on any atom is -0.452 e. The summed E-state index contributed by atoms with van der Waals surface area (Å²) in [6, 6.07) is 7.67. The highest BCUT2D eigenvalue weighted by atomic mass is 16.5. The minimum atomic E-state index is -0.986. The number of ether oxygens (including phenoxy) is 1. The number of amides is 2. The van der Waals surface area contributed by atoms with Crippen molar-refractivity contribution in [2.75, 3.05) is 11.4 Å². The normalized spacial score (nSPS) is 19.1. The Hall–Kier alpha value is -2.37. The quantitative estimate of drug-likeness (QED) is 0.822. The Morgan fingerprint density at radius 1 is 1.36 bits per heavy atom. The zero-order valence-corrected chi connectivity index (χ0v) is 12.7. The highest BCUT2D eigenvalue weighted by Gasteiger charge is 2.37. The predicted octanol–water partition coefficient (Wildman–Crippen LogP) is 1.02. The number of anilines is 1. The molecule has 1 saturated heterocycles. The van der Waals surface area contributed by atoms with Crippen LogP contribution in [0.4, 0.5) is 5.69 Å². The molecule has 0 spiro atoms. The molecule has 2 N–H and O–H groups in total. The number of rotatable bonds is 5. The van der Waals surface area contributed by atoms with Gasteiger partial charge in [0, 0.05) is 18.7 Å². The molecule has 1 heterocycles. The van der Waals surface area contributed by atoms with E-state index in [1.54, 1.807) is 4.90 Å². The minimum absolute atomic E-state index is 0.0832. The lowest BCUT2D eigenvalue weighted by molar-refractivity contribution is -0.157. The lowest BCUT2D eigenvalue weighted by Crippen LogP contribution is -2.33. The van der Waals surface area contributed by atoms with Crippen LogP contribution in [0.3, 0.4) is 0 Å². The summed E-state index contributed by atoms with van der Waals surface area (Å²) in [5.74, 6) is -1.96. The summed E-state index contributed by atoms with van der Waals surface area (Å²) < 4.78 is 4.97. The first-order valence-corrected chi connectivity index (χ1v) is 7.31. The number of carbonyl (C=O) groups is 3. The molecule has 1 aliphatic rings. The van der Waals surface area contributed by atoms with E-state index in [1.807, 2.05) is 24.3 Å². The van der Waals surface area contributed by atoms with Crippen molar-refractivity contribution < 1.29 is 19.1 Å². The van der Waals surface area contributed by atoms with E-state index < -0.39 is 23.9 Å². The third-order valence-corrected chi connectivity index (χ3v) is 3.81. The molecule has 0 saturated carbocycles. The maximum absolute atomic E-state index is 12.1. The standard InChI is InChI=1S/C16H20N2O4/c1-3-11-4-6-13(7-5-11)18-9-12(8-14(18)19)16(21)22-10(2)15(17)20/h4-7,10,12H,3,8-9H2,1-2H3,(H2,17,20)/t10-,12-/m0/s1. The number of aryl methyl sites for hydroxylation is 1. The van der Waals surface area contributed by atoms with Crippen molar-refractivity contribution in [3.8, 4) is 0 Å². The van der Waals surface area contributed by atoms with Gasteiger partial charge < -0.3 is 15.4 Å². The molecule has 0 aromatic heterocycles. The maximum Gasteiger partial charge on any atom is 0.312 e. The lowest BCUT2D eigenvalue weighted by Gasteiger charge is -2.17. The van der Waals surface area contributed by atoms with E-state index in [4.69, 9.17) is 10.5 Å². The van der Waals surface area contributed by atoms with Crippen molar-refractivity contribution >= 4 is 23.5 Å². The van der Waals surface area contributed by atoms with Crippen LogP contribution in [0.2, 0.25) is 0 Å². The van der Waals surface area contributed by atoms with Gasteiger partial charge in [0.25, 0.3) is 5.91 Å². The molecule has 1 aromatic rings. The average molecular weight is 304 g/mol. The molecule has 118 valence electrons. The van der Waals surface area contributed by atoms with Crippen LogP contribution >= 0.6 is 0 Å². The molecule has 2 rings (SSSR count). The molecule has 6 heteroatoms. The van der Waals surface area contributed by atoms with Crippen molar-refractivity contribution in [1.82, 2.24) is 0 Å². The molecular weight excluding hydrogens is 284 g/mol. The second-order valence-corrected chi connectivity index (χ2v) is 5.41. The van der Waals surface area contributed by atoms with Gasteiger partial charge in [0.15, 0.2) is 6.10 Å². The van der Waals surface area contributed by atoms with Crippen molar-refractivity contribution in [3.05, 3.63) is 29.8 Å². The average Bonchev–Trinajstić information content (AvgIpc) is 2.89. The van der Waals surface area contributed by atoms with Gasteiger partial charge in [-0.3, -0.25) is 14.4 Å². The predicted molar refractivity (Wildman–Crippen MR) is 81.0 cm³/mol. The lowest BCUT2D eigenvalue weighted by atomic mass is 10.1. The summed E-state index contributed by atoms with van der Waals surface area (Å²) in [5, 5.41) is 0. The first-order valence-electron chi connectivity index (χ1n) is 7.31. The van der Waals surface area contributed by atoms with Gasteiger partial charge in [-0.25, -0.2) is 0 Å². The molecule has 6 nitrogen and oxygen atoms in total. The van der Waals surface area contributed by atoms with Crippen molar-refractivity contribution in [2.24, 2.45) is 11.7 Å². The molecule has 0 unspecified atom stereocenters. The molecule has 0 radical (unpaired) electrons. The Balaban J connectivity index is 2.03. The monoisotopic (exact) mass is 304 g/mol. The van der Waals surface area contributed by atoms with Crippen molar-refractivity contribution in [3.63, 3.8) is 0 Å². The van der Waals surface area contributed by atoms with Crippen molar-refractivity contribution in [2.45, 2.75) is 32.8 Å². The molecular formula is C16H20N2O4. The number of esters is 1. The fourth-order valence-corrected chi connectivity index (χ4v) is 2.36. The summed E-state index contributed by atoms with van der Waals surface area (Å²) in [6.07, 6.45) is 0.0223. The Bertz CT molecular complexity index is 582. The Kier molecular flexibility index (Phi) is 4.80. The molecule has 1 aromatic carbocycles. The zero-order valence-electron chi connectivity index (χ0n) is 12.7. The summed E-state index contributed by atoms with van der Waals surface area (Å²) >= 11 is 0. The van der Waals surface area contributed by atoms with E-state index in [0.29, 0.717) is 0 Å². The highest BCUT2D eigenvalue weighted by molar-refractivity contribution is 5.99. The van der Waals surface area contributed by atoms with Gasteiger partial charge in [-0.05, 0) is 31.0 Å². The second kappa shape index (κ2) is 6.60. The van der Waals surface area contributed by atoms with E-state index in [0.717, 1.165) is 12.1 Å². The fourth-order valence-electron chi connectivity index (χ4n) is 2.36. The van der Waals surface area contributed by atoms with E-state index in [1.165, 1.54) is 12.5 Å². The van der Waals surface area contributed by atoms with Crippen LogP contribution in [0.25, 0.3) is 0 Å². The number of carbonyl (C=O) groups excluding carboxylic acids is 3. The number of nitrogens with zero attached hydrogens (tertiary/aromatic N) is 1. The molecule has 1 fully saturated rings. The number of hydrogen-bond donors (Lipinski definition) is 1. The van der Waals surface area contributed by atoms with Gasteiger partial charge in [-0.1, -0.05) is 19.1 Å². The van der Waals surface area contributed by atoms with Gasteiger partial charge in [0.05, 0.1) is 5.92 Å². The second-order valence-electron chi connectivity index (χ2n) is 5.41. The fraction of sp³-hybridized carbons (Fsp3) is 0.438. The third kappa shape index (κ3) is 3.44. The van der Waals surface area contributed by atoms with Crippen LogP contribution in [-0.2, 0) is 25.5 Å². The molecule has 2 atom stereocenters. The molecule has 2 amide bonds. The van der Waals surface area contributed by atoms with E-state index >= 15 is 0 Å². The van der Waals surface area contributed by atoms with Crippen LogP contribution in [0, 0.1) is 5.92 Å². The van der Waals surface area contributed by atoms with Gasteiger partial charge in [-0.15, -0.1) is 0 Å². The van der Waals surface area contributed by atoms with Crippen LogP contribution in [0.5, 0.6) is 0 Å². The van der Waals surface area contributed by atoms with Gasteiger partial charge >= 0.3 is 5.97 Å². The molecule has 0 aliphatic carbocycles. The smallest absolute Gasteiger partial charge is 0.312 e. The molecule has 22 heavy (non-hydrogen) atoms. The van der Waals surface area contributed by atoms with Gasteiger partial charge in [-0.2, -0.15) is 0 Å². The van der Waals surface area contributed by atoms with Crippen LogP contribution < -0.4 is 10.6 Å². The summed E-state index contributed by atoms with van der Waals surface area (Å²) in [4.78, 5) is 36.6. The Morgan fingerprint density at radius 2 is 2.00 bits per heavy atom. The number of primary amides is 1. The maximum atomic E-state index is 12.1. The topological polar surface area (TPSA) is 89.7 Å². The Labute approximate surface area is 129 Å². The van der Waals surface area contributed by atoms with E-state index in [2.05, 4.69) is 6.92 Å². The van der Waals surface area contributed by atoms with Crippen molar-refractivity contribution in [1.29, 1.82) is 0 Å². The summed E-state index contributed by atoms with van der Waals surface area (Å²) in [6.45, 7) is 3.73. The van der Waals surface area contributed by atoms with Crippen LogP contribution in [0.1, 0.15) is 25.8 Å². The van der Waals surface area contributed by atoms with E-state index in [9.17, 15) is 14.4 Å². The van der Waals surface area contributed by atoms with Crippen LogP contribution in [-0.4, -0.2) is 30.4 Å². The summed E-state index contributed by atoms with van der Waals surface area (Å²) in [5.41, 5.74) is 7.01. The molecule has 1 aliphatic heterocycles. The van der Waals surface area contributed by atoms with Crippen LogP contribution in [0.15, 0.2) is 24.3 Å². The largest absolute Gasteiger partial charge is 0.452 e. The number of hydrogen-bond acceptors (Lipinski definition) is 4. The third-order valence-electron chi connectivity index (χ3n) is 3.81. The highest BCUT2D eigenvalue weighted by Crippen LogP contribution is 2.26. The van der Waals surface area contributed by atoms with Gasteiger partial charge in [0.1, 0.15) is 0 Å². The zero-order chi connectivity index (χ0) is 16.3.